The second-order valence-electron chi connectivity index (χ2n) is 5.49. The fourth-order valence-electron chi connectivity index (χ4n) is 2.91. The van der Waals surface area contributed by atoms with Crippen LogP contribution in [-0.2, 0) is 11.2 Å². The van der Waals surface area contributed by atoms with Gasteiger partial charge in [-0.3, -0.25) is 4.90 Å². The van der Waals surface area contributed by atoms with Crippen LogP contribution in [0.4, 0.5) is 5.00 Å². The van der Waals surface area contributed by atoms with Crippen molar-refractivity contribution in [2.24, 2.45) is 0 Å². The van der Waals surface area contributed by atoms with Crippen LogP contribution in [0.15, 0.2) is 12.1 Å². The van der Waals surface area contributed by atoms with E-state index >= 15 is 0 Å². The monoisotopic (exact) mass is 280 g/mol. The topological polar surface area (TPSA) is 15.7 Å². The third-order valence-electron chi connectivity index (χ3n) is 4.07. The number of thiophene rings is 1. The summed E-state index contributed by atoms with van der Waals surface area (Å²) in [5, 5.41) is 1.49. The lowest BCUT2D eigenvalue weighted by Crippen LogP contribution is -2.36. The van der Waals surface area contributed by atoms with Gasteiger partial charge in [-0.1, -0.05) is 0 Å². The average Bonchev–Trinajstić information content (AvgIpc) is 3.10. The van der Waals surface area contributed by atoms with Crippen molar-refractivity contribution in [3.63, 3.8) is 0 Å². The smallest absolute Gasteiger partial charge is 0.0911 e. The first-order valence-corrected chi connectivity index (χ1v) is 8.37. The Kier molecular flexibility index (Phi) is 4.75. The number of aryl methyl sites for hydroxylation is 1. The van der Waals surface area contributed by atoms with Gasteiger partial charge >= 0.3 is 0 Å². The van der Waals surface area contributed by atoms with E-state index in [4.69, 9.17) is 4.74 Å². The molecule has 3 nitrogen and oxygen atoms in total. The van der Waals surface area contributed by atoms with E-state index < -0.39 is 0 Å². The van der Waals surface area contributed by atoms with E-state index in [1.807, 2.05) is 11.3 Å². The standard InChI is InChI=1S/C15H24N2OS/c1-2-9-17(8-1)15-6-5-14(19-15)4-3-7-16-10-12-18-13-11-16/h5-6H,1-4,7-13H2. The average molecular weight is 280 g/mol. The highest BCUT2D eigenvalue weighted by Crippen LogP contribution is 2.29. The maximum atomic E-state index is 5.38. The Hall–Kier alpha value is -0.580. The van der Waals surface area contributed by atoms with Crippen LogP contribution in [0.3, 0.4) is 0 Å². The van der Waals surface area contributed by atoms with Gasteiger partial charge in [0.2, 0.25) is 0 Å². The lowest BCUT2D eigenvalue weighted by atomic mass is 10.2. The molecule has 2 aliphatic rings. The molecule has 0 N–H and O–H groups in total. The minimum Gasteiger partial charge on any atom is -0.379 e. The Labute approximate surface area is 120 Å². The summed E-state index contributed by atoms with van der Waals surface area (Å²) in [4.78, 5) is 6.62. The van der Waals surface area contributed by atoms with Gasteiger partial charge in [0, 0.05) is 31.1 Å². The molecule has 0 aliphatic carbocycles. The minimum absolute atomic E-state index is 0.915. The maximum Gasteiger partial charge on any atom is 0.0911 e. The quantitative estimate of drug-likeness (QED) is 0.824. The number of hydrogen-bond acceptors (Lipinski definition) is 4. The zero-order valence-electron chi connectivity index (χ0n) is 11.6. The fourth-order valence-corrected chi connectivity index (χ4v) is 4.01. The van der Waals surface area contributed by atoms with Crippen molar-refractivity contribution >= 4 is 16.3 Å². The molecule has 106 valence electrons. The first-order valence-electron chi connectivity index (χ1n) is 7.55. The van der Waals surface area contributed by atoms with Crippen LogP contribution in [0.25, 0.3) is 0 Å². The van der Waals surface area contributed by atoms with Crippen LogP contribution >= 0.6 is 11.3 Å². The van der Waals surface area contributed by atoms with Gasteiger partial charge < -0.3 is 9.64 Å². The number of anilines is 1. The van der Waals surface area contributed by atoms with Gasteiger partial charge in [-0.2, -0.15) is 0 Å². The minimum atomic E-state index is 0.915. The van der Waals surface area contributed by atoms with Gasteiger partial charge in [-0.15, -0.1) is 11.3 Å². The first-order chi connectivity index (χ1) is 9.42. The van der Waals surface area contributed by atoms with Crippen LogP contribution in [0.5, 0.6) is 0 Å². The molecule has 2 aliphatic heterocycles. The van der Waals surface area contributed by atoms with E-state index in [9.17, 15) is 0 Å². The largest absolute Gasteiger partial charge is 0.379 e. The molecule has 2 fully saturated rings. The predicted octanol–water partition coefficient (Wildman–Crippen LogP) is 2.61. The van der Waals surface area contributed by atoms with Crippen molar-refractivity contribution in [3.05, 3.63) is 17.0 Å². The number of hydrogen-bond donors (Lipinski definition) is 0. The molecule has 1 aromatic rings. The van der Waals surface area contributed by atoms with E-state index in [0.717, 1.165) is 26.3 Å². The van der Waals surface area contributed by atoms with Crippen LogP contribution in [-0.4, -0.2) is 50.8 Å². The third kappa shape index (κ3) is 3.71. The molecule has 3 heterocycles. The molecule has 1 aromatic heterocycles. The Morgan fingerprint density at radius 1 is 1.05 bits per heavy atom. The molecule has 0 aromatic carbocycles. The number of nitrogens with zero attached hydrogens (tertiary/aromatic N) is 2. The van der Waals surface area contributed by atoms with Crippen molar-refractivity contribution in [1.29, 1.82) is 0 Å². The van der Waals surface area contributed by atoms with Crippen molar-refractivity contribution < 1.29 is 4.74 Å². The molecule has 0 radical (unpaired) electrons. The molecule has 0 unspecified atom stereocenters. The molecule has 19 heavy (non-hydrogen) atoms. The van der Waals surface area contributed by atoms with Crippen molar-refractivity contribution in [3.8, 4) is 0 Å². The van der Waals surface area contributed by atoms with Crippen molar-refractivity contribution in [2.75, 3.05) is 50.8 Å². The molecule has 0 spiro atoms. The SMILES string of the molecule is c1cc(N2CCCC2)sc1CCCN1CCOCC1. The van der Waals surface area contributed by atoms with Gasteiger partial charge in [0.15, 0.2) is 0 Å². The second-order valence-corrected chi connectivity index (χ2v) is 6.64. The summed E-state index contributed by atoms with van der Waals surface area (Å²) in [5.41, 5.74) is 0. The number of rotatable bonds is 5. The van der Waals surface area contributed by atoms with Crippen LogP contribution in [0.1, 0.15) is 24.1 Å². The molecule has 3 rings (SSSR count). The Balaban J connectivity index is 1.42. The van der Waals surface area contributed by atoms with Crippen molar-refractivity contribution in [1.82, 2.24) is 4.90 Å². The summed E-state index contributed by atoms with van der Waals surface area (Å²) in [6.45, 7) is 7.80. The van der Waals surface area contributed by atoms with Gasteiger partial charge in [0.05, 0.1) is 18.2 Å². The van der Waals surface area contributed by atoms with Gasteiger partial charge in [-0.25, -0.2) is 0 Å². The van der Waals surface area contributed by atoms with Gasteiger partial charge in [0.25, 0.3) is 0 Å². The highest BCUT2D eigenvalue weighted by atomic mass is 32.1. The summed E-state index contributed by atoms with van der Waals surface area (Å²) in [7, 11) is 0. The fraction of sp³-hybridized carbons (Fsp3) is 0.733. The Morgan fingerprint density at radius 2 is 1.84 bits per heavy atom. The molecular weight excluding hydrogens is 256 g/mol. The van der Waals surface area contributed by atoms with E-state index in [0.29, 0.717) is 0 Å². The van der Waals surface area contributed by atoms with Crippen LogP contribution in [0.2, 0.25) is 0 Å². The molecule has 0 atom stereocenters. The molecule has 0 bridgehead atoms. The molecule has 4 heteroatoms. The van der Waals surface area contributed by atoms with E-state index in [1.165, 1.54) is 50.3 Å². The summed E-state index contributed by atoms with van der Waals surface area (Å²) in [6.07, 6.45) is 5.24. The van der Waals surface area contributed by atoms with Crippen molar-refractivity contribution in [2.45, 2.75) is 25.7 Å². The second kappa shape index (κ2) is 6.73. The number of morpholine rings is 1. The number of ether oxygens (including phenoxy) is 1. The summed E-state index contributed by atoms with van der Waals surface area (Å²) >= 11 is 2.00. The summed E-state index contributed by atoms with van der Waals surface area (Å²) in [6, 6.07) is 4.65. The van der Waals surface area contributed by atoms with Crippen LogP contribution in [0, 0.1) is 0 Å². The van der Waals surface area contributed by atoms with Gasteiger partial charge in [-0.05, 0) is 44.4 Å². The molecule has 0 amide bonds. The third-order valence-corrected chi connectivity index (χ3v) is 5.27. The van der Waals surface area contributed by atoms with Crippen LogP contribution < -0.4 is 4.90 Å². The highest BCUT2D eigenvalue weighted by molar-refractivity contribution is 7.16. The molecule has 0 saturated carbocycles. The lowest BCUT2D eigenvalue weighted by molar-refractivity contribution is 0.0375. The van der Waals surface area contributed by atoms with Gasteiger partial charge in [0.1, 0.15) is 0 Å². The van der Waals surface area contributed by atoms with E-state index in [1.54, 1.807) is 4.88 Å². The zero-order valence-corrected chi connectivity index (χ0v) is 12.5. The lowest BCUT2D eigenvalue weighted by Gasteiger charge is -2.26. The first kappa shape index (κ1) is 13.4. The Bertz CT molecular complexity index is 381. The zero-order chi connectivity index (χ0) is 12.9. The Morgan fingerprint density at radius 3 is 2.63 bits per heavy atom. The normalized spacial score (nSPS) is 21.2. The summed E-state index contributed by atoms with van der Waals surface area (Å²) in [5.74, 6) is 0. The van der Waals surface area contributed by atoms with E-state index in [-0.39, 0.29) is 0 Å². The maximum absolute atomic E-state index is 5.38. The molecular formula is C15H24N2OS. The molecule has 2 saturated heterocycles. The highest BCUT2D eigenvalue weighted by Gasteiger charge is 2.14. The predicted molar refractivity (Wildman–Crippen MR) is 81.3 cm³/mol. The van der Waals surface area contributed by atoms with E-state index in [2.05, 4.69) is 21.9 Å². The summed E-state index contributed by atoms with van der Waals surface area (Å²) < 4.78 is 5.38.